The van der Waals surface area contributed by atoms with Crippen LogP contribution in [0.3, 0.4) is 0 Å². The summed E-state index contributed by atoms with van der Waals surface area (Å²) in [5.41, 5.74) is 1.43. The Balaban J connectivity index is 1.68. The van der Waals surface area contributed by atoms with E-state index < -0.39 is 0 Å². The van der Waals surface area contributed by atoms with Crippen LogP contribution in [0.1, 0.15) is 12.0 Å². The molecule has 1 heterocycles. The standard InChI is InChI=1S/C12H13NS2/c1-2-5-11(6-3-1)7-4-9-14-12-13-8-10-15-12/h1-3,5-6,8,10H,4,7,9H2. The predicted octanol–water partition coefficient (Wildman–Crippen LogP) is 3.87. The van der Waals surface area contributed by atoms with E-state index in [0.29, 0.717) is 0 Å². The van der Waals surface area contributed by atoms with Crippen LogP contribution >= 0.6 is 23.1 Å². The molecule has 0 saturated carbocycles. The maximum atomic E-state index is 4.24. The molecule has 0 N–H and O–H groups in total. The monoisotopic (exact) mass is 235 g/mol. The van der Waals surface area contributed by atoms with Gasteiger partial charge in [-0.2, -0.15) is 0 Å². The number of benzene rings is 1. The smallest absolute Gasteiger partial charge is 0.149 e. The summed E-state index contributed by atoms with van der Waals surface area (Å²) in [6.07, 6.45) is 4.25. The molecule has 0 bridgehead atoms. The van der Waals surface area contributed by atoms with Crippen molar-refractivity contribution in [3.63, 3.8) is 0 Å². The molecule has 0 radical (unpaired) electrons. The first-order valence-electron chi connectivity index (χ1n) is 5.01. The van der Waals surface area contributed by atoms with E-state index >= 15 is 0 Å². The van der Waals surface area contributed by atoms with Gasteiger partial charge in [0.15, 0.2) is 0 Å². The van der Waals surface area contributed by atoms with Crippen molar-refractivity contribution < 1.29 is 0 Å². The SMILES string of the molecule is c1ccc(CCCSc2nccs2)cc1. The Labute approximate surface area is 98.6 Å². The number of thiazole rings is 1. The molecular weight excluding hydrogens is 222 g/mol. The first-order valence-corrected chi connectivity index (χ1v) is 6.88. The Hall–Kier alpha value is -0.800. The molecule has 1 aromatic carbocycles. The van der Waals surface area contributed by atoms with Gasteiger partial charge in [-0.3, -0.25) is 0 Å². The lowest BCUT2D eigenvalue weighted by molar-refractivity contribution is 0.932. The van der Waals surface area contributed by atoms with E-state index in [0.717, 1.165) is 5.75 Å². The van der Waals surface area contributed by atoms with Gasteiger partial charge in [-0.05, 0) is 18.4 Å². The molecule has 0 aliphatic carbocycles. The van der Waals surface area contributed by atoms with Crippen molar-refractivity contribution in [2.45, 2.75) is 17.2 Å². The minimum atomic E-state index is 1.16. The maximum absolute atomic E-state index is 4.24. The number of hydrogen-bond donors (Lipinski definition) is 0. The third-order valence-corrected chi connectivity index (χ3v) is 4.14. The van der Waals surface area contributed by atoms with Gasteiger partial charge in [0.25, 0.3) is 0 Å². The van der Waals surface area contributed by atoms with Gasteiger partial charge in [-0.1, -0.05) is 42.1 Å². The van der Waals surface area contributed by atoms with Crippen molar-refractivity contribution in [2.75, 3.05) is 5.75 Å². The highest BCUT2D eigenvalue weighted by atomic mass is 32.2. The highest BCUT2D eigenvalue weighted by Crippen LogP contribution is 2.21. The lowest BCUT2D eigenvalue weighted by Crippen LogP contribution is -1.86. The van der Waals surface area contributed by atoms with Crippen molar-refractivity contribution >= 4 is 23.1 Å². The Morgan fingerprint density at radius 3 is 2.80 bits per heavy atom. The van der Waals surface area contributed by atoms with Crippen LogP contribution in [-0.4, -0.2) is 10.7 Å². The van der Waals surface area contributed by atoms with E-state index in [1.54, 1.807) is 11.3 Å². The quantitative estimate of drug-likeness (QED) is 0.576. The zero-order valence-electron chi connectivity index (χ0n) is 8.43. The minimum absolute atomic E-state index is 1.16. The van der Waals surface area contributed by atoms with Crippen molar-refractivity contribution in [1.29, 1.82) is 0 Å². The molecule has 3 heteroatoms. The second kappa shape index (κ2) is 5.93. The van der Waals surface area contributed by atoms with Crippen LogP contribution in [-0.2, 0) is 6.42 Å². The molecule has 0 aliphatic heterocycles. The molecule has 1 nitrogen and oxygen atoms in total. The molecule has 15 heavy (non-hydrogen) atoms. The number of thioether (sulfide) groups is 1. The number of hydrogen-bond acceptors (Lipinski definition) is 3. The van der Waals surface area contributed by atoms with Crippen molar-refractivity contribution in [2.24, 2.45) is 0 Å². The summed E-state index contributed by atoms with van der Waals surface area (Å²) in [5.74, 6) is 1.16. The highest BCUT2D eigenvalue weighted by molar-refractivity contribution is 8.00. The van der Waals surface area contributed by atoms with Crippen molar-refractivity contribution in [1.82, 2.24) is 4.98 Å². The van der Waals surface area contributed by atoms with Crippen LogP contribution in [0, 0.1) is 0 Å². The summed E-state index contributed by atoms with van der Waals surface area (Å²) in [5, 5.41) is 2.03. The largest absolute Gasteiger partial charge is 0.238 e. The Morgan fingerprint density at radius 1 is 1.20 bits per heavy atom. The molecule has 0 aliphatic rings. The van der Waals surface area contributed by atoms with E-state index in [1.807, 2.05) is 23.3 Å². The van der Waals surface area contributed by atoms with E-state index in [-0.39, 0.29) is 0 Å². The maximum Gasteiger partial charge on any atom is 0.149 e. The molecule has 2 aromatic rings. The molecular formula is C12H13NS2. The fourth-order valence-electron chi connectivity index (χ4n) is 1.36. The minimum Gasteiger partial charge on any atom is -0.238 e. The van der Waals surface area contributed by atoms with E-state index in [2.05, 4.69) is 35.3 Å². The summed E-state index contributed by atoms with van der Waals surface area (Å²) in [4.78, 5) is 4.24. The van der Waals surface area contributed by atoms with Crippen LogP contribution in [0.15, 0.2) is 46.2 Å². The first-order chi connectivity index (χ1) is 7.45. The van der Waals surface area contributed by atoms with Gasteiger partial charge in [0, 0.05) is 17.3 Å². The van der Waals surface area contributed by atoms with Gasteiger partial charge in [-0.15, -0.1) is 11.3 Å². The molecule has 0 unspecified atom stereocenters. The Bertz CT molecular complexity index is 370. The summed E-state index contributed by atoms with van der Waals surface area (Å²) >= 11 is 3.57. The number of aromatic nitrogens is 1. The molecule has 0 saturated heterocycles. The topological polar surface area (TPSA) is 12.9 Å². The second-order valence-corrected chi connectivity index (χ2v) is 5.47. The third-order valence-electron chi connectivity index (χ3n) is 2.09. The predicted molar refractivity (Wildman–Crippen MR) is 67.6 cm³/mol. The normalized spacial score (nSPS) is 10.4. The number of aryl methyl sites for hydroxylation is 1. The Kier molecular flexibility index (Phi) is 4.23. The van der Waals surface area contributed by atoms with E-state index in [4.69, 9.17) is 0 Å². The third kappa shape index (κ3) is 3.68. The van der Waals surface area contributed by atoms with Gasteiger partial charge in [0.05, 0.1) is 0 Å². The molecule has 78 valence electrons. The molecule has 0 fully saturated rings. The zero-order chi connectivity index (χ0) is 10.3. The van der Waals surface area contributed by atoms with E-state index in [9.17, 15) is 0 Å². The van der Waals surface area contributed by atoms with Crippen LogP contribution in [0.4, 0.5) is 0 Å². The average molecular weight is 235 g/mol. The summed E-state index contributed by atoms with van der Waals surface area (Å²) in [6.45, 7) is 0. The molecule has 2 rings (SSSR count). The zero-order valence-corrected chi connectivity index (χ0v) is 10.1. The van der Waals surface area contributed by atoms with Crippen molar-refractivity contribution in [3.05, 3.63) is 47.5 Å². The number of nitrogens with zero attached hydrogens (tertiary/aromatic N) is 1. The fraction of sp³-hybridized carbons (Fsp3) is 0.250. The average Bonchev–Trinajstić information content (AvgIpc) is 2.79. The van der Waals surface area contributed by atoms with Gasteiger partial charge < -0.3 is 0 Å². The number of rotatable bonds is 5. The van der Waals surface area contributed by atoms with E-state index in [1.165, 1.54) is 22.7 Å². The van der Waals surface area contributed by atoms with Gasteiger partial charge >= 0.3 is 0 Å². The molecule has 0 spiro atoms. The lowest BCUT2D eigenvalue weighted by atomic mass is 10.1. The van der Waals surface area contributed by atoms with Crippen LogP contribution in [0.25, 0.3) is 0 Å². The molecule has 0 amide bonds. The lowest BCUT2D eigenvalue weighted by Gasteiger charge is -1.99. The summed E-state index contributed by atoms with van der Waals surface area (Å²) in [7, 11) is 0. The summed E-state index contributed by atoms with van der Waals surface area (Å²) < 4.78 is 1.18. The van der Waals surface area contributed by atoms with Crippen LogP contribution < -0.4 is 0 Å². The summed E-state index contributed by atoms with van der Waals surface area (Å²) in [6, 6.07) is 10.6. The highest BCUT2D eigenvalue weighted by Gasteiger charge is 1.96. The second-order valence-electron chi connectivity index (χ2n) is 3.24. The van der Waals surface area contributed by atoms with Crippen LogP contribution in [0.5, 0.6) is 0 Å². The van der Waals surface area contributed by atoms with Gasteiger partial charge in [-0.25, -0.2) is 4.98 Å². The van der Waals surface area contributed by atoms with Crippen molar-refractivity contribution in [3.8, 4) is 0 Å². The molecule has 1 aromatic heterocycles. The Morgan fingerprint density at radius 2 is 2.07 bits per heavy atom. The first kappa shape index (κ1) is 10.7. The van der Waals surface area contributed by atoms with Crippen LogP contribution in [0.2, 0.25) is 0 Å². The van der Waals surface area contributed by atoms with Gasteiger partial charge in [0.1, 0.15) is 4.34 Å². The molecule has 0 atom stereocenters. The van der Waals surface area contributed by atoms with Gasteiger partial charge in [0.2, 0.25) is 0 Å². The fourth-order valence-corrected chi connectivity index (χ4v) is 3.01.